The van der Waals surface area contributed by atoms with Gasteiger partial charge >= 0.3 is 5.97 Å². The summed E-state index contributed by atoms with van der Waals surface area (Å²) in [5.41, 5.74) is 2.20. The maximum atomic E-state index is 12.6. The van der Waals surface area contributed by atoms with Crippen molar-refractivity contribution in [3.8, 4) is 0 Å². The van der Waals surface area contributed by atoms with Crippen molar-refractivity contribution in [1.82, 2.24) is 0 Å². The first-order valence-corrected chi connectivity index (χ1v) is 11.8. The second-order valence-electron chi connectivity index (χ2n) is 10.4. The van der Waals surface area contributed by atoms with Crippen LogP contribution in [0.15, 0.2) is 11.1 Å². The summed E-state index contributed by atoms with van der Waals surface area (Å²) < 4.78 is 23.9. The molecule has 0 aromatic carbocycles. The number of carbonyl (C=O) groups excluding carboxylic acids is 1. The average molecular weight is 441 g/mol. The highest BCUT2D eigenvalue weighted by atomic mass is 32.2. The van der Waals surface area contributed by atoms with Gasteiger partial charge in [-0.2, -0.15) is 0 Å². The first-order chi connectivity index (χ1) is 13.5. The van der Waals surface area contributed by atoms with E-state index in [9.17, 15) is 4.79 Å². The highest BCUT2D eigenvalue weighted by Crippen LogP contribution is 2.64. The zero-order chi connectivity index (χ0) is 21.1. The maximum Gasteiger partial charge on any atom is 0.333 e. The number of fused-ring (bicyclic) bond motifs is 6. The van der Waals surface area contributed by atoms with Gasteiger partial charge in [-0.25, -0.2) is 4.79 Å². The molecule has 3 aliphatic carbocycles. The summed E-state index contributed by atoms with van der Waals surface area (Å²) in [6, 6.07) is 0. The number of esters is 1. The van der Waals surface area contributed by atoms with Gasteiger partial charge < -0.3 is 18.9 Å². The molecule has 0 amide bonds. The van der Waals surface area contributed by atoms with Crippen LogP contribution in [-0.2, 0) is 23.7 Å². The molecule has 6 atom stereocenters. The second-order valence-corrected chi connectivity index (χ2v) is 12.3. The molecule has 0 aromatic rings. The van der Waals surface area contributed by atoms with Gasteiger partial charge in [0, 0.05) is 16.7 Å². The van der Waals surface area contributed by atoms with E-state index in [1.165, 1.54) is 12.7 Å². The van der Waals surface area contributed by atoms with Crippen LogP contribution < -0.4 is 0 Å². The molecule has 4 rings (SSSR count). The van der Waals surface area contributed by atoms with Gasteiger partial charge in [-0.15, -0.1) is 0 Å². The van der Waals surface area contributed by atoms with Crippen molar-refractivity contribution < 1.29 is 23.7 Å². The molecular formula is C22H32O5S2. The Morgan fingerprint density at radius 1 is 1.24 bits per heavy atom. The molecule has 5 nitrogen and oxygen atoms in total. The van der Waals surface area contributed by atoms with Gasteiger partial charge in [0.1, 0.15) is 0 Å². The number of methoxy groups -OCH3 is 1. The third-order valence-electron chi connectivity index (χ3n) is 6.43. The summed E-state index contributed by atoms with van der Waals surface area (Å²) in [6.07, 6.45) is 2.87. The minimum Gasteiger partial charge on any atom is -0.478 e. The number of ether oxygens (including phenoxy) is 4. The molecule has 29 heavy (non-hydrogen) atoms. The van der Waals surface area contributed by atoms with Crippen LogP contribution in [0.2, 0.25) is 0 Å². The summed E-state index contributed by atoms with van der Waals surface area (Å²) in [6.45, 7) is 10.9. The van der Waals surface area contributed by atoms with Gasteiger partial charge in [-0.05, 0) is 62.6 Å². The fourth-order valence-corrected chi connectivity index (χ4v) is 6.94. The lowest BCUT2D eigenvalue weighted by molar-refractivity contribution is -0.167. The average Bonchev–Trinajstić information content (AvgIpc) is 3.05. The SMILES string of the molecule is COC(=O)C1=C2C(CC(SC(=S)OCC(C)(C)C)C1)[C@H]1C3OC(C)(C)OC3C[C@@H]21. The largest absolute Gasteiger partial charge is 0.478 e. The first-order valence-electron chi connectivity index (χ1n) is 10.5. The first kappa shape index (κ1) is 21.6. The van der Waals surface area contributed by atoms with E-state index in [0.717, 1.165) is 18.4 Å². The van der Waals surface area contributed by atoms with Crippen LogP contribution in [0.25, 0.3) is 0 Å². The minimum atomic E-state index is -0.518. The molecule has 0 N–H and O–H groups in total. The van der Waals surface area contributed by atoms with E-state index in [4.69, 9.17) is 31.2 Å². The van der Waals surface area contributed by atoms with Crippen LogP contribution in [0.3, 0.4) is 0 Å². The van der Waals surface area contributed by atoms with E-state index < -0.39 is 5.79 Å². The molecule has 1 aliphatic heterocycles. The minimum absolute atomic E-state index is 0.0636. The molecule has 4 aliphatic rings. The van der Waals surface area contributed by atoms with E-state index in [-0.39, 0.29) is 28.8 Å². The lowest BCUT2D eigenvalue weighted by Gasteiger charge is -2.50. The number of thiocarbonyl (C=S) groups is 1. The van der Waals surface area contributed by atoms with Crippen LogP contribution in [-0.4, -0.2) is 47.3 Å². The van der Waals surface area contributed by atoms with Crippen molar-refractivity contribution in [2.45, 2.75) is 77.1 Å². The normalized spacial score (nSPS) is 37.3. The predicted octanol–water partition coefficient (Wildman–Crippen LogP) is 4.49. The molecule has 7 heteroatoms. The molecule has 3 fully saturated rings. The summed E-state index contributed by atoms with van der Waals surface area (Å²) in [5.74, 6) is 0.433. The highest BCUT2D eigenvalue weighted by Gasteiger charge is 2.64. The fraction of sp³-hybridized carbons (Fsp3) is 0.818. The molecule has 4 unspecified atom stereocenters. The summed E-state index contributed by atoms with van der Waals surface area (Å²) in [7, 11) is 1.47. The van der Waals surface area contributed by atoms with E-state index in [2.05, 4.69) is 20.8 Å². The van der Waals surface area contributed by atoms with Gasteiger partial charge in [0.15, 0.2) is 5.79 Å². The van der Waals surface area contributed by atoms with E-state index >= 15 is 0 Å². The van der Waals surface area contributed by atoms with Crippen molar-refractivity contribution in [3.05, 3.63) is 11.1 Å². The standard InChI is InChI=1S/C22H32O5S2/c1-21(2,3)10-25-20(28)29-11-7-12-16(14(8-11)19(23)24-6)13-9-15-18(17(12)13)27-22(4,5)26-15/h11-13,15,17-18H,7-10H2,1-6H3/t11?,12?,13-,15?,17+,18?/m0/s1. The number of rotatable bonds is 3. The lowest BCUT2D eigenvalue weighted by atomic mass is 9.56. The van der Waals surface area contributed by atoms with E-state index in [1.807, 2.05) is 13.8 Å². The van der Waals surface area contributed by atoms with Gasteiger partial charge in [0.2, 0.25) is 4.38 Å². The maximum absolute atomic E-state index is 12.6. The van der Waals surface area contributed by atoms with E-state index in [1.54, 1.807) is 11.8 Å². The Morgan fingerprint density at radius 3 is 2.59 bits per heavy atom. The zero-order valence-corrected chi connectivity index (χ0v) is 19.8. The number of hydrogen-bond acceptors (Lipinski definition) is 7. The molecule has 1 heterocycles. The highest BCUT2D eigenvalue weighted by molar-refractivity contribution is 8.23. The second kappa shape index (κ2) is 7.50. The van der Waals surface area contributed by atoms with Gasteiger partial charge in [-0.1, -0.05) is 38.1 Å². The Morgan fingerprint density at radius 2 is 1.93 bits per heavy atom. The molecular weight excluding hydrogens is 408 g/mol. The van der Waals surface area contributed by atoms with Crippen LogP contribution in [0.1, 0.15) is 53.9 Å². The molecule has 2 saturated carbocycles. The van der Waals surface area contributed by atoms with Crippen LogP contribution in [0.4, 0.5) is 0 Å². The fourth-order valence-electron chi connectivity index (χ4n) is 5.52. The topological polar surface area (TPSA) is 54.0 Å². The Kier molecular flexibility index (Phi) is 5.59. The van der Waals surface area contributed by atoms with Crippen molar-refractivity contribution in [3.63, 3.8) is 0 Å². The molecule has 162 valence electrons. The van der Waals surface area contributed by atoms with Gasteiger partial charge in [0.25, 0.3) is 0 Å². The zero-order valence-electron chi connectivity index (χ0n) is 18.2. The van der Waals surface area contributed by atoms with Gasteiger partial charge in [0.05, 0.1) is 25.9 Å². The number of carbonyl (C=O) groups is 1. The third kappa shape index (κ3) is 4.12. The Bertz CT molecular complexity index is 738. The predicted molar refractivity (Wildman–Crippen MR) is 117 cm³/mol. The summed E-state index contributed by atoms with van der Waals surface area (Å²) in [4.78, 5) is 12.6. The van der Waals surface area contributed by atoms with Crippen LogP contribution >= 0.6 is 24.0 Å². The Labute approximate surface area is 183 Å². The Hall–Kier alpha value is -0.630. The summed E-state index contributed by atoms with van der Waals surface area (Å²) >= 11 is 7.07. The molecule has 1 saturated heterocycles. The summed E-state index contributed by atoms with van der Waals surface area (Å²) in [5, 5.41) is 0.223. The molecule has 0 bridgehead atoms. The monoisotopic (exact) mass is 440 g/mol. The molecule has 0 radical (unpaired) electrons. The van der Waals surface area contributed by atoms with Crippen molar-refractivity contribution in [2.75, 3.05) is 13.7 Å². The third-order valence-corrected chi connectivity index (χ3v) is 7.84. The van der Waals surface area contributed by atoms with Crippen molar-refractivity contribution in [1.29, 1.82) is 0 Å². The number of hydrogen-bond donors (Lipinski definition) is 0. The lowest BCUT2D eigenvalue weighted by Crippen LogP contribution is -2.48. The van der Waals surface area contributed by atoms with Crippen molar-refractivity contribution >= 4 is 34.3 Å². The number of allylic oxidation sites excluding steroid dienone is 1. The van der Waals surface area contributed by atoms with Crippen molar-refractivity contribution in [2.24, 2.45) is 23.2 Å². The molecule has 0 aromatic heterocycles. The van der Waals surface area contributed by atoms with Crippen LogP contribution in [0.5, 0.6) is 0 Å². The van der Waals surface area contributed by atoms with E-state index in [0.29, 0.717) is 35.2 Å². The quantitative estimate of drug-likeness (QED) is 0.473. The van der Waals surface area contributed by atoms with Gasteiger partial charge in [-0.3, -0.25) is 0 Å². The molecule has 0 spiro atoms. The van der Waals surface area contributed by atoms with Crippen LogP contribution in [0, 0.1) is 23.2 Å². The number of thioether (sulfide) groups is 1. The Balaban J connectivity index is 1.49. The smallest absolute Gasteiger partial charge is 0.333 e.